The van der Waals surface area contributed by atoms with Crippen LogP contribution in [-0.2, 0) is 19.6 Å². The van der Waals surface area contributed by atoms with E-state index < -0.39 is 16.1 Å². The van der Waals surface area contributed by atoms with Crippen LogP contribution in [-0.4, -0.2) is 56.8 Å². The molecule has 0 radical (unpaired) electrons. The Labute approximate surface area is 187 Å². The summed E-state index contributed by atoms with van der Waals surface area (Å²) in [5.74, 6) is -0.411. The van der Waals surface area contributed by atoms with Gasteiger partial charge in [0.15, 0.2) is 6.04 Å². The van der Waals surface area contributed by atoms with Gasteiger partial charge in [-0.25, -0.2) is 13.3 Å². The summed E-state index contributed by atoms with van der Waals surface area (Å²) in [4.78, 5) is 28.3. The molecule has 0 bridgehead atoms. The van der Waals surface area contributed by atoms with Crippen LogP contribution in [0.1, 0.15) is 17.5 Å². The van der Waals surface area contributed by atoms with Gasteiger partial charge in [-0.05, 0) is 49.7 Å². The van der Waals surface area contributed by atoms with Gasteiger partial charge in [0, 0.05) is 5.02 Å². The standard InChI is InChI=1S/C22H24ClN3O4S/c1-15-3-8-19(16(2)13-15)26-21(27)14-20(22(26)28)24-9-11-25(12-10-24)31(29,30)18-6-4-17(23)5-7-18/h3-8,13,20H,9-12,14H2,1-2H3/p+1/t20-/m1/s1. The van der Waals surface area contributed by atoms with E-state index in [0.29, 0.717) is 36.9 Å². The third-order valence-corrected chi connectivity index (χ3v) is 8.21. The molecule has 1 atom stereocenters. The first-order valence-electron chi connectivity index (χ1n) is 10.2. The van der Waals surface area contributed by atoms with Crippen molar-refractivity contribution in [3.05, 3.63) is 58.6 Å². The van der Waals surface area contributed by atoms with E-state index >= 15 is 0 Å². The van der Waals surface area contributed by atoms with Crippen molar-refractivity contribution in [2.24, 2.45) is 0 Å². The Hall–Kier alpha value is -2.26. The number of amides is 2. The molecule has 0 saturated carbocycles. The van der Waals surface area contributed by atoms with Gasteiger partial charge >= 0.3 is 0 Å². The first-order valence-corrected chi connectivity index (χ1v) is 12.0. The summed E-state index contributed by atoms with van der Waals surface area (Å²) in [6, 6.07) is 11.3. The zero-order valence-electron chi connectivity index (χ0n) is 17.5. The smallest absolute Gasteiger partial charge is 0.292 e. The highest BCUT2D eigenvalue weighted by molar-refractivity contribution is 7.89. The number of nitrogens with zero attached hydrogens (tertiary/aromatic N) is 2. The molecule has 9 heteroatoms. The highest BCUT2D eigenvalue weighted by Gasteiger charge is 2.47. The number of imide groups is 1. The second-order valence-electron chi connectivity index (χ2n) is 8.13. The van der Waals surface area contributed by atoms with Crippen molar-refractivity contribution >= 4 is 39.1 Å². The van der Waals surface area contributed by atoms with Crippen LogP contribution in [0, 0.1) is 13.8 Å². The van der Waals surface area contributed by atoms with E-state index in [4.69, 9.17) is 11.6 Å². The van der Waals surface area contributed by atoms with Crippen LogP contribution in [0.4, 0.5) is 5.69 Å². The fourth-order valence-electron chi connectivity index (χ4n) is 4.38. The Morgan fingerprint density at radius 1 is 1.00 bits per heavy atom. The predicted octanol–water partition coefficient (Wildman–Crippen LogP) is 1.18. The van der Waals surface area contributed by atoms with Crippen LogP contribution in [0.15, 0.2) is 47.4 Å². The maximum Gasteiger partial charge on any atom is 0.292 e. The molecule has 2 aliphatic rings. The lowest BCUT2D eigenvalue weighted by Crippen LogP contribution is -3.19. The normalized spacial score (nSPS) is 21.1. The molecule has 0 aromatic heterocycles. The van der Waals surface area contributed by atoms with Gasteiger partial charge in [0.1, 0.15) is 0 Å². The first kappa shape index (κ1) is 22.0. The predicted molar refractivity (Wildman–Crippen MR) is 118 cm³/mol. The number of rotatable bonds is 4. The van der Waals surface area contributed by atoms with Gasteiger partial charge in [-0.1, -0.05) is 29.3 Å². The Balaban J connectivity index is 1.46. The molecule has 164 valence electrons. The average molecular weight is 463 g/mol. The molecular formula is C22H25ClN3O4S+. The fraction of sp³-hybridized carbons (Fsp3) is 0.364. The van der Waals surface area contributed by atoms with Gasteiger partial charge in [0.2, 0.25) is 15.9 Å². The number of carbonyl (C=O) groups is 2. The maximum absolute atomic E-state index is 13.1. The minimum atomic E-state index is -3.61. The minimum absolute atomic E-state index is 0.144. The van der Waals surface area contributed by atoms with Crippen molar-refractivity contribution in [2.75, 3.05) is 31.1 Å². The van der Waals surface area contributed by atoms with Crippen molar-refractivity contribution in [2.45, 2.75) is 31.2 Å². The fourth-order valence-corrected chi connectivity index (χ4v) is 5.95. The van der Waals surface area contributed by atoms with E-state index in [2.05, 4.69) is 0 Å². The van der Waals surface area contributed by atoms with Crippen molar-refractivity contribution in [1.82, 2.24) is 4.31 Å². The van der Waals surface area contributed by atoms with E-state index in [1.807, 2.05) is 32.0 Å². The monoisotopic (exact) mass is 462 g/mol. The van der Waals surface area contributed by atoms with E-state index in [1.165, 1.54) is 21.3 Å². The molecule has 4 rings (SSSR count). The SMILES string of the molecule is Cc1ccc(N2C(=O)C[C@@H]([NH+]3CCN(S(=O)(=O)c4ccc(Cl)cc4)CC3)C2=O)c(C)c1. The second kappa shape index (κ2) is 8.35. The van der Waals surface area contributed by atoms with E-state index in [0.717, 1.165) is 16.0 Å². The molecule has 2 heterocycles. The third kappa shape index (κ3) is 4.13. The van der Waals surface area contributed by atoms with Crippen molar-refractivity contribution in [3.8, 4) is 0 Å². The molecule has 1 N–H and O–H groups in total. The first-order chi connectivity index (χ1) is 14.7. The lowest BCUT2D eigenvalue weighted by atomic mass is 10.1. The number of halogens is 1. The second-order valence-corrected chi connectivity index (χ2v) is 10.5. The van der Waals surface area contributed by atoms with Gasteiger partial charge < -0.3 is 4.90 Å². The molecule has 0 unspecified atom stereocenters. The van der Waals surface area contributed by atoms with Crippen LogP contribution in [0.25, 0.3) is 0 Å². The molecule has 0 spiro atoms. The van der Waals surface area contributed by atoms with Crippen LogP contribution in [0.2, 0.25) is 5.02 Å². The van der Waals surface area contributed by atoms with E-state index in [1.54, 1.807) is 12.1 Å². The quantitative estimate of drug-likeness (QED) is 0.692. The molecule has 2 aromatic rings. The zero-order valence-corrected chi connectivity index (χ0v) is 19.0. The molecule has 7 nitrogen and oxygen atoms in total. The number of aryl methyl sites for hydroxylation is 2. The minimum Gasteiger partial charge on any atom is -0.322 e. The highest BCUT2D eigenvalue weighted by atomic mass is 35.5. The maximum atomic E-state index is 13.1. The number of piperazine rings is 1. The largest absolute Gasteiger partial charge is 0.322 e. The Kier molecular flexibility index (Phi) is 5.91. The summed E-state index contributed by atoms with van der Waals surface area (Å²) in [5, 5.41) is 0.478. The van der Waals surface area contributed by atoms with Crippen LogP contribution in [0.3, 0.4) is 0 Å². The van der Waals surface area contributed by atoms with Crippen LogP contribution < -0.4 is 9.80 Å². The summed E-state index contributed by atoms with van der Waals surface area (Å²) in [7, 11) is -3.61. The number of nitrogens with one attached hydrogen (secondary N) is 1. The molecule has 0 aliphatic carbocycles. The molecule has 2 aromatic carbocycles. The molecule has 2 amide bonds. The summed E-state index contributed by atoms with van der Waals surface area (Å²) < 4.78 is 27.2. The third-order valence-electron chi connectivity index (χ3n) is 6.05. The Morgan fingerprint density at radius 2 is 1.65 bits per heavy atom. The number of anilines is 1. The van der Waals surface area contributed by atoms with Crippen molar-refractivity contribution in [3.63, 3.8) is 0 Å². The summed E-state index contributed by atoms with van der Waals surface area (Å²) in [5.41, 5.74) is 2.59. The average Bonchev–Trinajstić information content (AvgIpc) is 3.03. The number of hydrogen-bond acceptors (Lipinski definition) is 4. The zero-order chi connectivity index (χ0) is 22.3. The van der Waals surface area contributed by atoms with Gasteiger partial charge in [0.05, 0.1) is 43.2 Å². The van der Waals surface area contributed by atoms with E-state index in [9.17, 15) is 18.0 Å². The van der Waals surface area contributed by atoms with Gasteiger partial charge in [0.25, 0.3) is 5.91 Å². The molecular weight excluding hydrogens is 438 g/mol. The van der Waals surface area contributed by atoms with Gasteiger partial charge in [-0.3, -0.25) is 9.59 Å². The molecule has 2 aliphatic heterocycles. The Bertz CT molecular complexity index is 1130. The van der Waals surface area contributed by atoms with Gasteiger partial charge in [-0.2, -0.15) is 4.31 Å². The topological polar surface area (TPSA) is 79.2 Å². The number of hydrogen-bond donors (Lipinski definition) is 1. The van der Waals surface area contributed by atoms with E-state index in [-0.39, 0.29) is 23.1 Å². The van der Waals surface area contributed by atoms with Crippen molar-refractivity contribution in [1.29, 1.82) is 0 Å². The molecule has 2 fully saturated rings. The molecule has 31 heavy (non-hydrogen) atoms. The summed E-state index contributed by atoms with van der Waals surface area (Å²) in [6.07, 6.45) is 0.144. The number of quaternary nitrogens is 1. The van der Waals surface area contributed by atoms with Gasteiger partial charge in [-0.15, -0.1) is 0 Å². The molecule has 2 saturated heterocycles. The summed E-state index contributed by atoms with van der Waals surface area (Å²) >= 11 is 5.86. The number of carbonyl (C=O) groups excluding carboxylic acids is 2. The summed E-state index contributed by atoms with van der Waals surface area (Å²) in [6.45, 7) is 5.39. The number of sulfonamides is 1. The van der Waals surface area contributed by atoms with Crippen molar-refractivity contribution < 1.29 is 22.9 Å². The highest BCUT2D eigenvalue weighted by Crippen LogP contribution is 2.26. The lowest BCUT2D eigenvalue weighted by Gasteiger charge is -2.33. The number of benzene rings is 2. The Morgan fingerprint density at radius 3 is 2.26 bits per heavy atom. The lowest BCUT2D eigenvalue weighted by molar-refractivity contribution is -0.918. The van der Waals surface area contributed by atoms with Crippen LogP contribution >= 0.6 is 11.6 Å². The van der Waals surface area contributed by atoms with Crippen LogP contribution in [0.5, 0.6) is 0 Å².